The van der Waals surface area contributed by atoms with Crippen molar-refractivity contribution in [2.24, 2.45) is 0 Å². The van der Waals surface area contributed by atoms with Crippen LogP contribution in [0.15, 0.2) is 42.7 Å². The maximum atomic E-state index is 12.5. The Morgan fingerprint density at radius 3 is 2.20 bits per heavy atom. The van der Waals surface area contributed by atoms with E-state index in [1.54, 1.807) is 0 Å². The number of rotatable bonds is 2. The van der Waals surface area contributed by atoms with E-state index in [1.165, 1.54) is 0 Å². The molecule has 0 aromatic heterocycles. The SMILES string of the molecule is C=C1OCCCOCCCOCCCOC1C(=O)Nc1ccccc1. The Morgan fingerprint density at radius 1 is 0.920 bits per heavy atom. The van der Waals surface area contributed by atoms with E-state index < -0.39 is 6.10 Å². The molecule has 1 N–H and O–H groups in total. The van der Waals surface area contributed by atoms with Gasteiger partial charge in [-0.25, -0.2) is 0 Å². The Labute approximate surface area is 149 Å². The molecule has 25 heavy (non-hydrogen) atoms. The first-order valence-electron chi connectivity index (χ1n) is 8.72. The fourth-order valence-electron chi connectivity index (χ4n) is 2.31. The average molecular weight is 349 g/mol. The molecule has 0 radical (unpaired) electrons. The molecule has 1 amide bonds. The summed E-state index contributed by atoms with van der Waals surface area (Å²) in [5.74, 6) is 0.0157. The third kappa shape index (κ3) is 7.69. The first-order chi connectivity index (χ1) is 12.3. The molecular weight excluding hydrogens is 322 g/mol. The van der Waals surface area contributed by atoms with Crippen LogP contribution in [0.3, 0.4) is 0 Å². The third-order valence-electron chi connectivity index (χ3n) is 3.59. The van der Waals surface area contributed by atoms with Gasteiger partial charge in [0.15, 0.2) is 6.10 Å². The van der Waals surface area contributed by atoms with Crippen LogP contribution < -0.4 is 5.32 Å². The molecule has 1 unspecified atom stereocenters. The van der Waals surface area contributed by atoms with Gasteiger partial charge in [-0.05, 0) is 25.0 Å². The lowest BCUT2D eigenvalue weighted by Crippen LogP contribution is -2.33. The van der Waals surface area contributed by atoms with Crippen molar-refractivity contribution in [2.45, 2.75) is 25.4 Å². The van der Waals surface area contributed by atoms with Gasteiger partial charge in [0.05, 0.1) is 13.2 Å². The number of hydrogen-bond acceptors (Lipinski definition) is 5. The van der Waals surface area contributed by atoms with E-state index in [9.17, 15) is 4.79 Å². The topological polar surface area (TPSA) is 66.0 Å². The minimum absolute atomic E-state index is 0.294. The number of amides is 1. The predicted molar refractivity (Wildman–Crippen MR) is 95.4 cm³/mol. The number of benzene rings is 1. The van der Waals surface area contributed by atoms with Crippen LogP contribution in [-0.4, -0.2) is 51.7 Å². The van der Waals surface area contributed by atoms with Gasteiger partial charge in [-0.3, -0.25) is 4.79 Å². The van der Waals surface area contributed by atoms with Crippen LogP contribution in [-0.2, 0) is 23.7 Å². The van der Waals surface area contributed by atoms with Gasteiger partial charge >= 0.3 is 0 Å². The van der Waals surface area contributed by atoms with Crippen molar-refractivity contribution in [3.05, 3.63) is 42.7 Å². The highest BCUT2D eigenvalue weighted by atomic mass is 16.5. The van der Waals surface area contributed by atoms with Gasteiger partial charge in [-0.15, -0.1) is 0 Å². The van der Waals surface area contributed by atoms with Gasteiger partial charge in [-0.2, -0.15) is 0 Å². The van der Waals surface area contributed by atoms with Gasteiger partial charge in [-0.1, -0.05) is 24.8 Å². The second kappa shape index (κ2) is 11.6. The maximum absolute atomic E-state index is 12.5. The van der Waals surface area contributed by atoms with Crippen LogP contribution in [0.1, 0.15) is 19.3 Å². The molecule has 1 aliphatic rings. The molecule has 1 aromatic carbocycles. The second-order valence-electron chi connectivity index (χ2n) is 5.71. The lowest BCUT2D eigenvalue weighted by molar-refractivity contribution is -0.127. The third-order valence-corrected chi connectivity index (χ3v) is 3.59. The molecule has 0 aliphatic carbocycles. The van der Waals surface area contributed by atoms with Gasteiger partial charge < -0.3 is 24.3 Å². The van der Waals surface area contributed by atoms with Crippen LogP contribution in [0.4, 0.5) is 5.69 Å². The highest BCUT2D eigenvalue weighted by molar-refractivity contribution is 5.95. The number of nitrogens with one attached hydrogen (secondary N) is 1. The summed E-state index contributed by atoms with van der Waals surface area (Å²) in [6, 6.07) is 9.24. The van der Waals surface area contributed by atoms with Crippen LogP contribution in [0.5, 0.6) is 0 Å². The molecule has 6 nitrogen and oxygen atoms in total. The van der Waals surface area contributed by atoms with Crippen molar-refractivity contribution in [2.75, 3.05) is 45.0 Å². The number of anilines is 1. The van der Waals surface area contributed by atoms with Crippen LogP contribution in [0.2, 0.25) is 0 Å². The normalized spacial score (nSPS) is 21.4. The summed E-state index contributed by atoms with van der Waals surface area (Å²) in [5, 5.41) is 2.83. The average Bonchev–Trinajstić information content (AvgIpc) is 2.63. The smallest absolute Gasteiger partial charge is 0.261 e. The van der Waals surface area contributed by atoms with Crippen LogP contribution in [0.25, 0.3) is 0 Å². The van der Waals surface area contributed by atoms with Crippen LogP contribution in [0, 0.1) is 0 Å². The minimum Gasteiger partial charge on any atom is -0.495 e. The van der Waals surface area contributed by atoms with Crippen molar-refractivity contribution < 1.29 is 23.7 Å². The van der Waals surface area contributed by atoms with Crippen molar-refractivity contribution in [1.29, 1.82) is 0 Å². The summed E-state index contributed by atoms with van der Waals surface area (Å²) in [6.07, 6.45) is 1.44. The molecule has 2 rings (SSSR count). The number of carbonyl (C=O) groups excluding carboxylic acids is 1. The molecule has 1 saturated heterocycles. The van der Waals surface area contributed by atoms with Crippen molar-refractivity contribution >= 4 is 11.6 Å². The number of carbonyl (C=O) groups is 1. The number of para-hydroxylation sites is 1. The molecule has 1 aromatic rings. The lowest BCUT2D eigenvalue weighted by atomic mass is 10.2. The Hall–Kier alpha value is -1.89. The fraction of sp³-hybridized carbons (Fsp3) is 0.526. The molecule has 0 spiro atoms. The molecule has 6 heteroatoms. The van der Waals surface area contributed by atoms with Gasteiger partial charge in [0.25, 0.3) is 5.91 Å². The predicted octanol–water partition coefficient (Wildman–Crippen LogP) is 2.76. The highest BCUT2D eigenvalue weighted by Crippen LogP contribution is 2.13. The van der Waals surface area contributed by atoms with E-state index in [4.69, 9.17) is 18.9 Å². The first-order valence-corrected chi connectivity index (χ1v) is 8.72. The van der Waals surface area contributed by atoms with E-state index in [1.807, 2.05) is 30.3 Å². The molecule has 1 heterocycles. The van der Waals surface area contributed by atoms with E-state index >= 15 is 0 Å². The zero-order chi connectivity index (χ0) is 17.7. The van der Waals surface area contributed by atoms with Crippen molar-refractivity contribution in [3.8, 4) is 0 Å². The fourth-order valence-corrected chi connectivity index (χ4v) is 2.31. The molecule has 1 fully saturated rings. The Balaban J connectivity index is 1.92. The lowest BCUT2D eigenvalue weighted by Gasteiger charge is -2.20. The summed E-state index contributed by atoms with van der Waals surface area (Å²) in [6.45, 7) is 7.24. The number of hydrogen-bond donors (Lipinski definition) is 1. The van der Waals surface area contributed by atoms with E-state index in [0.29, 0.717) is 57.5 Å². The number of ether oxygens (including phenoxy) is 4. The van der Waals surface area contributed by atoms with E-state index in [2.05, 4.69) is 11.9 Å². The zero-order valence-corrected chi connectivity index (χ0v) is 14.6. The summed E-state index contributed by atoms with van der Waals surface area (Å²) in [5.41, 5.74) is 0.705. The molecule has 1 aliphatic heterocycles. The van der Waals surface area contributed by atoms with E-state index in [0.717, 1.165) is 12.8 Å². The summed E-state index contributed by atoms with van der Waals surface area (Å²) in [4.78, 5) is 12.5. The molecule has 0 bridgehead atoms. The summed E-state index contributed by atoms with van der Waals surface area (Å²) in [7, 11) is 0. The first kappa shape index (κ1) is 19.4. The molecular formula is C19H27NO5. The molecule has 1 atom stereocenters. The molecule has 138 valence electrons. The van der Waals surface area contributed by atoms with Gasteiger partial charge in [0, 0.05) is 38.5 Å². The largest absolute Gasteiger partial charge is 0.495 e. The standard InChI is InChI=1S/C19H27NO5/c1-16-18(19(21)20-17-8-3-2-4-9-17)25-15-7-13-23-11-5-10-22-12-6-14-24-16/h2-4,8-9,18H,1,5-7,10-15H2,(H,20,21). The summed E-state index contributed by atoms with van der Waals surface area (Å²) >= 11 is 0. The monoisotopic (exact) mass is 349 g/mol. The van der Waals surface area contributed by atoms with Gasteiger partial charge in [0.1, 0.15) is 5.76 Å². The minimum atomic E-state index is -0.855. The van der Waals surface area contributed by atoms with Crippen molar-refractivity contribution in [3.63, 3.8) is 0 Å². The Bertz CT molecular complexity index is 520. The van der Waals surface area contributed by atoms with Crippen molar-refractivity contribution in [1.82, 2.24) is 0 Å². The van der Waals surface area contributed by atoms with E-state index in [-0.39, 0.29) is 5.91 Å². The second-order valence-corrected chi connectivity index (χ2v) is 5.71. The maximum Gasteiger partial charge on any atom is 0.261 e. The van der Waals surface area contributed by atoms with Gasteiger partial charge in [0.2, 0.25) is 0 Å². The quantitative estimate of drug-likeness (QED) is 0.889. The summed E-state index contributed by atoms with van der Waals surface area (Å²) < 4.78 is 22.3. The Kier molecular flexibility index (Phi) is 9.04. The Morgan fingerprint density at radius 2 is 1.52 bits per heavy atom. The highest BCUT2D eigenvalue weighted by Gasteiger charge is 2.24. The molecule has 0 saturated carbocycles. The van der Waals surface area contributed by atoms with Crippen LogP contribution >= 0.6 is 0 Å². The zero-order valence-electron chi connectivity index (χ0n) is 14.6.